The van der Waals surface area contributed by atoms with Crippen LogP contribution in [0.4, 0.5) is 0 Å². The lowest BCUT2D eigenvalue weighted by Gasteiger charge is -2.08. The summed E-state index contributed by atoms with van der Waals surface area (Å²) in [6.45, 7) is 2.27. The molecule has 0 unspecified atom stereocenters. The number of hydrogen-bond acceptors (Lipinski definition) is 6. The Labute approximate surface area is 188 Å². The first-order valence-corrected chi connectivity index (χ1v) is 11.4. The summed E-state index contributed by atoms with van der Waals surface area (Å²) in [6.07, 6.45) is 0. The van der Waals surface area contributed by atoms with E-state index in [9.17, 15) is 9.59 Å². The van der Waals surface area contributed by atoms with Gasteiger partial charge >= 0.3 is 0 Å². The van der Waals surface area contributed by atoms with Crippen molar-refractivity contribution in [2.24, 2.45) is 0 Å². The van der Waals surface area contributed by atoms with E-state index in [-0.39, 0.29) is 18.3 Å². The molecule has 0 aliphatic rings. The molecule has 0 fully saturated rings. The van der Waals surface area contributed by atoms with Crippen molar-refractivity contribution in [1.82, 2.24) is 10.3 Å². The molecule has 2 aromatic carbocycles. The normalized spacial score (nSPS) is 10.6. The zero-order valence-corrected chi connectivity index (χ0v) is 18.5. The highest BCUT2D eigenvalue weighted by molar-refractivity contribution is 7.21. The Balaban J connectivity index is 1.28. The number of rotatable bonds is 8. The lowest BCUT2D eigenvalue weighted by Crippen LogP contribution is -2.28. The van der Waals surface area contributed by atoms with Gasteiger partial charge in [0, 0.05) is 16.0 Å². The Morgan fingerprint density at radius 3 is 2.42 bits per heavy atom. The van der Waals surface area contributed by atoms with Crippen LogP contribution in [0.3, 0.4) is 0 Å². The van der Waals surface area contributed by atoms with Crippen molar-refractivity contribution < 1.29 is 14.3 Å². The van der Waals surface area contributed by atoms with Crippen molar-refractivity contribution in [3.8, 4) is 15.6 Å². The first-order valence-electron chi connectivity index (χ1n) is 9.69. The highest BCUT2D eigenvalue weighted by Gasteiger charge is 2.12. The molecule has 156 valence electrons. The molecule has 0 spiro atoms. The number of aromatic nitrogens is 1. The fraction of sp³-hybridized carbons (Fsp3) is 0.125. The van der Waals surface area contributed by atoms with Gasteiger partial charge in [0.25, 0.3) is 5.91 Å². The summed E-state index contributed by atoms with van der Waals surface area (Å²) < 4.78 is 5.56. The topological polar surface area (TPSA) is 68.3 Å². The number of nitrogens with zero attached hydrogens (tertiary/aromatic N) is 1. The number of nitrogens with one attached hydrogen (secondary N) is 1. The highest BCUT2D eigenvalue weighted by Crippen LogP contribution is 2.30. The summed E-state index contributed by atoms with van der Waals surface area (Å²) in [6, 6.07) is 19.9. The molecule has 0 atom stereocenters. The molecule has 31 heavy (non-hydrogen) atoms. The molecule has 7 heteroatoms. The predicted octanol–water partition coefficient (Wildman–Crippen LogP) is 5.11. The van der Waals surface area contributed by atoms with Gasteiger partial charge < -0.3 is 10.1 Å². The third-order valence-electron chi connectivity index (χ3n) is 4.59. The molecule has 2 heterocycles. The van der Waals surface area contributed by atoms with Gasteiger partial charge in [0.2, 0.25) is 0 Å². The molecule has 0 saturated carbocycles. The predicted molar refractivity (Wildman–Crippen MR) is 124 cm³/mol. The summed E-state index contributed by atoms with van der Waals surface area (Å²) in [5.74, 6) is 0.273. The molecular weight excluding hydrogens is 428 g/mol. The van der Waals surface area contributed by atoms with Crippen molar-refractivity contribution in [2.75, 3.05) is 6.61 Å². The van der Waals surface area contributed by atoms with Crippen molar-refractivity contribution in [3.05, 3.63) is 93.8 Å². The van der Waals surface area contributed by atoms with Gasteiger partial charge in [-0.05, 0) is 42.6 Å². The van der Waals surface area contributed by atoms with E-state index in [1.807, 2.05) is 42.6 Å². The summed E-state index contributed by atoms with van der Waals surface area (Å²) in [5, 5.41) is 5.87. The van der Waals surface area contributed by atoms with E-state index >= 15 is 0 Å². The van der Waals surface area contributed by atoms with Crippen LogP contribution in [0, 0.1) is 6.92 Å². The van der Waals surface area contributed by atoms with Gasteiger partial charge in [-0.15, -0.1) is 22.7 Å². The van der Waals surface area contributed by atoms with E-state index in [0.29, 0.717) is 23.4 Å². The molecule has 0 saturated heterocycles. The second-order valence-corrected chi connectivity index (χ2v) is 8.82. The Kier molecular flexibility index (Phi) is 6.54. The number of ketones is 1. The quantitative estimate of drug-likeness (QED) is 0.381. The summed E-state index contributed by atoms with van der Waals surface area (Å²) in [5.41, 5.74) is 2.13. The minimum atomic E-state index is -0.213. The first-order chi connectivity index (χ1) is 15.1. The van der Waals surface area contributed by atoms with Crippen molar-refractivity contribution in [2.45, 2.75) is 13.5 Å². The number of benzene rings is 2. The number of thiophene rings is 1. The van der Waals surface area contributed by atoms with E-state index in [1.165, 1.54) is 0 Å². The van der Waals surface area contributed by atoms with E-state index in [4.69, 9.17) is 4.74 Å². The van der Waals surface area contributed by atoms with Crippen LogP contribution in [0.5, 0.6) is 5.75 Å². The fourth-order valence-electron chi connectivity index (χ4n) is 2.94. The molecule has 4 rings (SSSR count). The number of ether oxygens (including phenoxy) is 1. The molecule has 0 radical (unpaired) electrons. The van der Waals surface area contributed by atoms with E-state index < -0.39 is 0 Å². The average molecular weight is 449 g/mol. The number of aryl methyl sites for hydroxylation is 1. The maximum absolute atomic E-state index is 12.4. The smallest absolute Gasteiger partial charge is 0.258 e. The van der Waals surface area contributed by atoms with E-state index in [0.717, 1.165) is 20.5 Å². The largest absolute Gasteiger partial charge is 0.484 e. The molecule has 1 N–H and O–H groups in total. The van der Waals surface area contributed by atoms with Crippen LogP contribution in [0.2, 0.25) is 0 Å². The number of thiazole rings is 1. The van der Waals surface area contributed by atoms with Gasteiger partial charge in [-0.1, -0.05) is 36.4 Å². The Morgan fingerprint density at radius 2 is 1.71 bits per heavy atom. The van der Waals surface area contributed by atoms with Crippen LogP contribution in [-0.4, -0.2) is 23.3 Å². The van der Waals surface area contributed by atoms with Crippen LogP contribution in [-0.2, 0) is 11.3 Å². The minimum Gasteiger partial charge on any atom is -0.484 e. The van der Waals surface area contributed by atoms with Crippen LogP contribution in [0.25, 0.3) is 9.88 Å². The molecule has 0 aliphatic carbocycles. The summed E-state index contributed by atoms with van der Waals surface area (Å²) in [4.78, 5) is 31.4. The van der Waals surface area contributed by atoms with Crippen LogP contribution in [0.15, 0.2) is 72.1 Å². The van der Waals surface area contributed by atoms with Crippen LogP contribution in [0.1, 0.15) is 26.5 Å². The molecule has 4 aromatic rings. The molecule has 2 aromatic heterocycles. The van der Waals surface area contributed by atoms with Crippen LogP contribution >= 0.6 is 22.7 Å². The van der Waals surface area contributed by atoms with Gasteiger partial charge in [0.1, 0.15) is 10.8 Å². The second kappa shape index (κ2) is 9.68. The molecule has 5 nitrogen and oxygen atoms in total. The van der Waals surface area contributed by atoms with Crippen molar-refractivity contribution in [1.29, 1.82) is 0 Å². The van der Waals surface area contributed by atoms with Gasteiger partial charge in [0.05, 0.1) is 17.1 Å². The minimum absolute atomic E-state index is 0.0493. The molecule has 0 bridgehead atoms. The third-order valence-corrected chi connectivity index (χ3v) is 6.79. The maximum Gasteiger partial charge on any atom is 0.258 e. The highest BCUT2D eigenvalue weighted by atomic mass is 32.1. The standard InChI is InChI=1S/C24H20N2O3S2/c1-16-21(31-24(26-16)20-8-5-13-30-20)14-25-22(27)15-29-19-11-9-18(10-12-19)23(28)17-6-3-2-4-7-17/h2-13H,14-15H2,1H3,(H,25,27). The lowest BCUT2D eigenvalue weighted by molar-refractivity contribution is -0.123. The molecular formula is C24H20N2O3S2. The zero-order chi connectivity index (χ0) is 21.6. The maximum atomic E-state index is 12.4. The third kappa shape index (κ3) is 5.25. The number of amides is 1. The van der Waals surface area contributed by atoms with Crippen molar-refractivity contribution >= 4 is 34.4 Å². The zero-order valence-electron chi connectivity index (χ0n) is 16.8. The Bertz CT molecular complexity index is 1170. The number of hydrogen-bond donors (Lipinski definition) is 1. The average Bonchev–Trinajstić information content (AvgIpc) is 3.46. The first kappa shape index (κ1) is 21.0. The lowest BCUT2D eigenvalue weighted by atomic mass is 10.0. The summed E-state index contributed by atoms with van der Waals surface area (Å²) >= 11 is 3.24. The number of carbonyl (C=O) groups excluding carboxylic acids is 2. The number of carbonyl (C=O) groups is 2. The molecule has 0 aliphatic heterocycles. The van der Waals surface area contributed by atoms with Gasteiger partial charge in [-0.3, -0.25) is 9.59 Å². The second-order valence-electron chi connectivity index (χ2n) is 6.79. The monoisotopic (exact) mass is 448 g/mol. The van der Waals surface area contributed by atoms with E-state index in [2.05, 4.69) is 10.3 Å². The van der Waals surface area contributed by atoms with Gasteiger partial charge in [0.15, 0.2) is 12.4 Å². The SMILES string of the molecule is Cc1nc(-c2cccs2)sc1CNC(=O)COc1ccc(C(=O)c2ccccc2)cc1. The van der Waals surface area contributed by atoms with Crippen LogP contribution < -0.4 is 10.1 Å². The summed E-state index contributed by atoms with van der Waals surface area (Å²) in [7, 11) is 0. The Morgan fingerprint density at radius 1 is 0.968 bits per heavy atom. The van der Waals surface area contributed by atoms with Gasteiger partial charge in [-0.2, -0.15) is 0 Å². The van der Waals surface area contributed by atoms with E-state index in [1.54, 1.807) is 59.1 Å². The Hall–Kier alpha value is -3.29. The van der Waals surface area contributed by atoms with Gasteiger partial charge in [-0.25, -0.2) is 4.98 Å². The fourth-order valence-corrected chi connectivity index (χ4v) is 4.73. The molecule has 1 amide bonds. The van der Waals surface area contributed by atoms with Crippen molar-refractivity contribution in [3.63, 3.8) is 0 Å².